The van der Waals surface area contributed by atoms with E-state index >= 15 is 0 Å². The number of hydrogen-bond acceptors (Lipinski definition) is 0. The predicted molar refractivity (Wildman–Crippen MR) is 50.6 cm³/mol. The molecule has 0 aromatic rings. The molecule has 0 aliphatic heterocycles. The van der Waals surface area contributed by atoms with Crippen molar-refractivity contribution in [2.75, 3.05) is 0 Å². The highest BCUT2D eigenvalue weighted by Gasteiger charge is 2.29. The van der Waals surface area contributed by atoms with Gasteiger partial charge >= 0.3 is 0 Å². The summed E-state index contributed by atoms with van der Waals surface area (Å²) < 4.78 is 0. The van der Waals surface area contributed by atoms with Gasteiger partial charge in [0.15, 0.2) is 0 Å². The highest BCUT2D eigenvalue weighted by Crippen LogP contribution is 2.38. The Balaban J connectivity index is 1.90. The zero-order valence-corrected chi connectivity index (χ0v) is 7.84. The Kier molecular flexibility index (Phi) is 3.68. The van der Waals surface area contributed by atoms with Crippen molar-refractivity contribution < 1.29 is 0 Å². The van der Waals surface area contributed by atoms with Gasteiger partial charge in [-0.05, 0) is 31.1 Å². The van der Waals surface area contributed by atoms with Crippen LogP contribution in [0.5, 0.6) is 0 Å². The van der Waals surface area contributed by atoms with Gasteiger partial charge in [-0.1, -0.05) is 38.8 Å². The Morgan fingerprint density at radius 1 is 1.36 bits per heavy atom. The summed E-state index contributed by atoms with van der Waals surface area (Å²) in [5.74, 6) is 1.93. The van der Waals surface area contributed by atoms with Gasteiger partial charge in [-0.2, -0.15) is 0 Å². The lowest BCUT2D eigenvalue weighted by Gasteiger charge is -1.90. The van der Waals surface area contributed by atoms with Crippen LogP contribution in [0, 0.1) is 11.8 Å². The van der Waals surface area contributed by atoms with Crippen molar-refractivity contribution >= 4 is 0 Å². The van der Waals surface area contributed by atoms with Crippen LogP contribution in [0.25, 0.3) is 0 Å². The molecule has 0 amide bonds. The Labute approximate surface area is 70.7 Å². The van der Waals surface area contributed by atoms with Gasteiger partial charge in [0.1, 0.15) is 0 Å². The lowest BCUT2D eigenvalue weighted by atomic mass is 10.2. The van der Waals surface area contributed by atoms with Gasteiger partial charge in [-0.3, -0.25) is 0 Å². The zero-order chi connectivity index (χ0) is 8.10. The van der Waals surface area contributed by atoms with Crippen LogP contribution in [0.15, 0.2) is 12.2 Å². The van der Waals surface area contributed by atoms with E-state index < -0.39 is 0 Å². The maximum absolute atomic E-state index is 2.42. The molecule has 0 spiro atoms. The van der Waals surface area contributed by atoms with E-state index in [1.165, 1.54) is 32.1 Å². The fraction of sp³-hybridized carbons (Fsp3) is 0.818. The average molecular weight is 152 g/mol. The Hall–Kier alpha value is -0.260. The quantitative estimate of drug-likeness (QED) is 0.415. The van der Waals surface area contributed by atoms with Crippen molar-refractivity contribution in [1.29, 1.82) is 0 Å². The van der Waals surface area contributed by atoms with Gasteiger partial charge in [0, 0.05) is 0 Å². The molecular weight excluding hydrogens is 132 g/mol. The third-order valence-electron chi connectivity index (χ3n) is 2.53. The molecule has 1 aliphatic carbocycles. The Bertz CT molecular complexity index is 124. The van der Waals surface area contributed by atoms with E-state index in [1.807, 2.05) is 0 Å². The van der Waals surface area contributed by atoms with Gasteiger partial charge in [0.25, 0.3) is 0 Å². The number of rotatable bonds is 5. The molecule has 11 heavy (non-hydrogen) atoms. The number of hydrogen-bond donors (Lipinski definition) is 0. The van der Waals surface area contributed by atoms with Crippen LogP contribution in [0.2, 0.25) is 0 Å². The molecule has 0 aromatic carbocycles. The maximum atomic E-state index is 2.42. The van der Waals surface area contributed by atoms with E-state index in [1.54, 1.807) is 0 Å². The van der Waals surface area contributed by atoms with Crippen molar-refractivity contribution in [2.24, 2.45) is 11.8 Å². The Morgan fingerprint density at radius 2 is 2.09 bits per heavy atom. The first-order valence-electron chi connectivity index (χ1n) is 5.01. The largest absolute Gasteiger partial charge is 0.0882 e. The summed E-state index contributed by atoms with van der Waals surface area (Å²) >= 11 is 0. The fourth-order valence-corrected chi connectivity index (χ4v) is 1.40. The summed E-state index contributed by atoms with van der Waals surface area (Å²) in [6, 6.07) is 0. The van der Waals surface area contributed by atoms with Crippen molar-refractivity contribution in [3.63, 3.8) is 0 Å². The van der Waals surface area contributed by atoms with Gasteiger partial charge in [0.05, 0.1) is 0 Å². The van der Waals surface area contributed by atoms with Crippen molar-refractivity contribution in [3.05, 3.63) is 12.2 Å². The normalized spacial score (nSPS) is 29.6. The van der Waals surface area contributed by atoms with Crippen LogP contribution in [-0.4, -0.2) is 0 Å². The molecule has 1 fully saturated rings. The molecule has 0 heteroatoms. The minimum atomic E-state index is 0.941. The molecule has 0 nitrogen and oxygen atoms in total. The minimum absolute atomic E-state index is 0.941. The van der Waals surface area contributed by atoms with E-state index in [-0.39, 0.29) is 0 Å². The molecule has 1 aliphatic rings. The van der Waals surface area contributed by atoms with Crippen LogP contribution in [0.3, 0.4) is 0 Å². The van der Waals surface area contributed by atoms with Gasteiger partial charge in [-0.25, -0.2) is 0 Å². The van der Waals surface area contributed by atoms with Crippen LogP contribution in [0.1, 0.15) is 46.0 Å². The summed E-state index contributed by atoms with van der Waals surface area (Å²) in [6.45, 7) is 4.59. The fourth-order valence-electron chi connectivity index (χ4n) is 1.40. The van der Waals surface area contributed by atoms with Gasteiger partial charge < -0.3 is 0 Å². The smallest absolute Gasteiger partial charge is 0.0205 e. The van der Waals surface area contributed by atoms with Crippen LogP contribution in [-0.2, 0) is 0 Å². The highest BCUT2D eigenvalue weighted by molar-refractivity contribution is 5.00. The summed E-state index contributed by atoms with van der Waals surface area (Å²) in [5.41, 5.74) is 0. The molecule has 0 saturated heterocycles. The molecule has 64 valence electrons. The number of allylic oxidation sites excluding steroid dienone is 2. The lowest BCUT2D eigenvalue weighted by molar-refractivity contribution is 0.727. The first-order valence-corrected chi connectivity index (χ1v) is 5.01. The second-order valence-electron chi connectivity index (χ2n) is 3.80. The lowest BCUT2D eigenvalue weighted by Crippen LogP contribution is -1.72. The van der Waals surface area contributed by atoms with E-state index in [2.05, 4.69) is 26.0 Å². The number of unbranched alkanes of at least 4 members (excludes halogenated alkanes) is 3. The molecule has 1 rings (SSSR count). The molecule has 2 atom stereocenters. The molecule has 0 N–H and O–H groups in total. The second-order valence-corrected chi connectivity index (χ2v) is 3.80. The monoisotopic (exact) mass is 152 g/mol. The van der Waals surface area contributed by atoms with Crippen molar-refractivity contribution in [2.45, 2.75) is 46.0 Å². The van der Waals surface area contributed by atoms with Crippen LogP contribution < -0.4 is 0 Å². The van der Waals surface area contributed by atoms with Crippen molar-refractivity contribution in [3.8, 4) is 0 Å². The van der Waals surface area contributed by atoms with Gasteiger partial charge in [0.2, 0.25) is 0 Å². The first kappa shape index (κ1) is 8.83. The van der Waals surface area contributed by atoms with Gasteiger partial charge in [-0.15, -0.1) is 0 Å². The summed E-state index contributed by atoms with van der Waals surface area (Å²) in [6.07, 6.45) is 11.7. The second kappa shape index (κ2) is 4.58. The summed E-state index contributed by atoms with van der Waals surface area (Å²) in [4.78, 5) is 0. The summed E-state index contributed by atoms with van der Waals surface area (Å²) in [7, 11) is 0. The molecule has 0 radical (unpaired) electrons. The first-order chi connectivity index (χ1) is 5.34. The topological polar surface area (TPSA) is 0 Å². The minimum Gasteiger partial charge on any atom is -0.0882 e. The maximum Gasteiger partial charge on any atom is -0.0205 e. The van der Waals surface area contributed by atoms with E-state index in [4.69, 9.17) is 0 Å². The molecule has 0 aromatic heterocycles. The summed E-state index contributed by atoms with van der Waals surface area (Å²) in [5, 5.41) is 0. The molecule has 1 saturated carbocycles. The third-order valence-corrected chi connectivity index (χ3v) is 2.53. The predicted octanol–water partition coefficient (Wildman–Crippen LogP) is 3.78. The third kappa shape index (κ3) is 3.60. The SMILES string of the molecule is CCCCCC=CC1CC1C. The molecule has 0 heterocycles. The Morgan fingerprint density at radius 3 is 2.64 bits per heavy atom. The van der Waals surface area contributed by atoms with Crippen LogP contribution in [0.4, 0.5) is 0 Å². The van der Waals surface area contributed by atoms with Crippen molar-refractivity contribution in [1.82, 2.24) is 0 Å². The molecule has 0 bridgehead atoms. The zero-order valence-electron chi connectivity index (χ0n) is 7.84. The standard InChI is InChI=1S/C11H20/c1-3-4-5-6-7-8-11-9-10(11)2/h7-8,10-11H,3-6,9H2,1-2H3. The molecular formula is C11H20. The van der Waals surface area contributed by atoms with E-state index in [0.29, 0.717) is 0 Å². The van der Waals surface area contributed by atoms with E-state index in [9.17, 15) is 0 Å². The van der Waals surface area contributed by atoms with E-state index in [0.717, 1.165) is 11.8 Å². The average Bonchev–Trinajstić information content (AvgIpc) is 2.67. The highest BCUT2D eigenvalue weighted by atomic mass is 14.3. The van der Waals surface area contributed by atoms with Crippen LogP contribution >= 0.6 is 0 Å². The molecule has 2 unspecified atom stereocenters.